The predicted molar refractivity (Wildman–Crippen MR) is 140 cm³/mol. The van der Waals surface area contributed by atoms with E-state index in [2.05, 4.69) is 121 Å². The molecule has 2 heteroatoms. The first-order valence-corrected chi connectivity index (χ1v) is 14.1. The summed E-state index contributed by atoms with van der Waals surface area (Å²) >= 11 is 0.800. The van der Waals surface area contributed by atoms with Crippen molar-refractivity contribution in [3.63, 3.8) is 0 Å². The number of benzene rings is 4. The summed E-state index contributed by atoms with van der Waals surface area (Å²) in [6.45, 7) is 0. The molecule has 0 fully saturated rings. The Morgan fingerprint density at radius 3 is 1.00 bits per heavy atom. The van der Waals surface area contributed by atoms with Gasteiger partial charge < -0.3 is 0 Å². The molecule has 2 aromatic heterocycles. The quantitative estimate of drug-likeness (QED) is 0.203. The first-order chi connectivity index (χ1) is 15.8. The van der Waals surface area contributed by atoms with Crippen LogP contribution in [-0.4, -0.2) is 29.0 Å². The van der Waals surface area contributed by atoms with Crippen molar-refractivity contribution in [2.75, 3.05) is 0 Å². The molecule has 0 N–H and O–H groups in total. The molecule has 0 aliphatic heterocycles. The van der Waals surface area contributed by atoms with Crippen LogP contribution in [-0.2, 0) is 0 Å². The van der Waals surface area contributed by atoms with Crippen molar-refractivity contribution in [1.82, 2.24) is 0 Å². The van der Waals surface area contributed by atoms with E-state index in [1.807, 2.05) is 0 Å². The van der Waals surface area contributed by atoms with Gasteiger partial charge in [-0.05, 0) is 0 Å². The summed E-state index contributed by atoms with van der Waals surface area (Å²) in [4.78, 5) is 0. The van der Waals surface area contributed by atoms with Crippen LogP contribution < -0.4 is 0 Å². The maximum absolute atomic E-state index is 2.47. The minimum atomic E-state index is 0.400. The van der Waals surface area contributed by atoms with E-state index < -0.39 is 0 Å². The molecule has 0 aliphatic carbocycles. The van der Waals surface area contributed by atoms with Gasteiger partial charge in [-0.3, -0.25) is 0 Å². The third-order valence-electron chi connectivity index (χ3n) is 5.76. The van der Waals surface area contributed by atoms with E-state index in [-0.39, 0.29) is 0 Å². The molecule has 6 rings (SSSR count). The van der Waals surface area contributed by atoms with Crippen molar-refractivity contribution in [2.45, 2.75) is 0 Å². The van der Waals surface area contributed by atoms with Crippen LogP contribution in [0, 0.1) is 0 Å². The van der Waals surface area contributed by atoms with Gasteiger partial charge in [-0.15, -0.1) is 0 Å². The minimum absolute atomic E-state index is 0.400. The summed E-state index contributed by atoms with van der Waals surface area (Å²) < 4.78 is 6.17. The van der Waals surface area contributed by atoms with Crippen LogP contribution in [0.1, 0.15) is 0 Å². The Balaban J connectivity index is 1.26. The molecule has 32 heavy (non-hydrogen) atoms. The van der Waals surface area contributed by atoms with Gasteiger partial charge in [0, 0.05) is 0 Å². The van der Waals surface area contributed by atoms with Crippen LogP contribution >= 0.6 is 0 Å². The van der Waals surface area contributed by atoms with Gasteiger partial charge in [0.1, 0.15) is 0 Å². The SMILES string of the molecule is c1ccc(-c2ccc(-c3cc4[se]c(-c5ccc(-c6ccccc6)cc5)cc4[se]3)cc2)cc1. The van der Waals surface area contributed by atoms with E-state index in [4.69, 9.17) is 0 Å². The van der Waals surface area contributed by atoms with Gasteiger partial charge >= 0.3 is 201 Å². The molecule has 0 spiro atoms. The predicted octanol–water partition coefficient (Wildman–Crippen LogP) is 7.62. The van der Waals surface area contributed by atoms with Gasteiger partial charge in [-0.25, -0.2) is 0 Å². The summed E-state index contributed by atoms with van der Waals surface area (Å²) in [7, 11) is 0. The van der Waals surface area contributed by atoms with Gasteiger partial charge in [-0.1, -0.05) is 0 Å². The van der Waals surface area contributed by atoms with E-state index in [0.717, 1.165) is 0 Å². The van der Waals surface area contributed by atoms with E-state index in [1.165, 1.54) is 42.3 Å². The molecule has 4 aromatic carbocycles. The molecule has 0 saturated carbocycles. The van der Waals surface area contributed by atoms with Crippen LogP contribution in [0.3, 0.4) is 0 Å². The molecule has 0 unspecified atom stereocenters. The molecule has 0 atom stereocenters. The number of rotatable bonds is 4. The van der Waals surface area contributed by atoms with Gasteiger partial charge in [0.2, 0.25) is 0 Å². The van der Waals surface area contributed by atoms with Crippen LogP contribution in [0.2, 0.25) is 0 Å². The molecule has 0 aliphatic rings. The number of hydrogen-bond acceptors (Lipinski definition) is 0. The molecule has 2 heterocycles. The summed E-state index contributed by atoms with van der Waals surface area (Å²) in [6, 6.07) is 44.3. The van der Waals surface area contributed by atoms with E-state index in [1.54, 1.807) is 8.52 Å². The zero-order valence-electron chi connectivity index (χ0n) is 17.4. The second-order valence-corrected chi connectivity index (χ2v) is 12.4. The van der Waals surface area contributed by atoms with Crippen LogP contribution in [0.25, 0.3) is 50.8 Å². The standard InChI is InChI=1S/C30H20Se2/c1-3-7-21(8-4-1)23-11-15-25(16-12-23)27-19-29-30(31-27)20-28(32-29)26-17-13-24(14-18-26)22-9-5-2-6-10-22/h1-20H. The molecule has 0 amide bonds. The summed E-state index contributed by atoms with van der Waals surface area (Å²) in [6.07, 6.45) is 0. The normalized spacial score (nSPS) is 11.1. The van der Waals surface area contributed by atoms with E-state index >= 15 is 0 Å². The van der Waals surface area contributed by atoms with Gasteiger partial charge in [0.25, 0.3) is 0 Å². The topological polar surface area (TPSA) is 0 Å². The second kappa shape index (κ2) is 8.58. The molecule has 0 nitrogen and oxygen atoms in total. The molecular formula is C30H20Se2. The molecule has 6 aromatic rings. The molecule has 0 saturated heterocycles. The number of fused-ring (bicyclic) bond motifs is 1. The van der Waals surface area contributed by atoms with Gasteiger partial charge in [0.15, 0.2) is 0 Å². The van der Waals surface area contributed by atoms with Gasteiger partial charge in [0.05, 0.1) is 0 Å². The Morgan fingerprint density at radius 2 is 0.625 bits per heavy atom. The fraction of sp³-hybridized carbons (Fsp3) is 0. The maximum atomic E-state index is 2.47. The Labute approximate surface area is 200 Å². The first kappa shape index (κ1) is 19.8. The van der Waals surface area contributed by atoms with Crippen molar-refractivity contribution >= 4 is 37.5 Å². The summed E-state index contributed by atoms with van der Waals surface area (Å²) in [5, 5.41) is 0. The van der Waals surface area contributed by atoms with Crippen molar-refractivity contribution in [2.24, 2.45) is 0 Å². The Kier molecular flexibility index (Phi) is 5.31. The average molecular weight is 538 g/mol. The third-order valence-corrected chi connectivity index (χ3v) is 11.2. The van der Waals surface area contributed by atoms with Crippen molar-refractivity contribution < 1.29 is 0 Å². The summed E-state index contributed by atoms with van der Waals surface area (Å²) in [5.74, 6) is 0. The van der Waals surface area contributed by atoms with Crippen molar-refractivity contribution in [1.29, 1.82) is 0 Å². The van der Waals surface area contributed by atoms with Crippen LogP contribution in [0.5, 0.6) is 0 Å². The first-order valence-electron chi connectivity index (χ1n) is 10.7. The fourth-order valence-electron chi connectivity index (χ4n) is 4.04. The zero-order chi connectivity index (χ0) is 21.3. The average Bonchev–Trinajstić information content (AvgIpc) is 3.45. The van der Waals surface area contributed by atoms with Crippen molar-refractivity contribution in [3.05, 3.63) is 121 Å². The Bertz CT molecular complexity index is 1330. The van der Waals surface area contributed by atoms with Crippen LogP contribution in [0.15, 0.2) is 121 Å². The fourth-order valence-corrected chi connectivity index (χ4v) is 9.91. The molecule has 0 radical (unpaired) electrons. The molecule has 0 bridgehead atoms. The summed E-state index contributed by atoms with van der Waals surface area (Å²) in [5.41, 5.74) is 7.87. The van der Waals surface area contributed by atoms with E-state index in [9.17, 15) is 0 Å². The van der Waals surface area contributed by atoms with Crippen molar-refractivity contribution in [3.8, 4) is 42.3 Å². The Hall–Kier alpha value is -2.86. The molecular weight excluding hydrogens is 518 g/mol. The zero-order valence-corrected chi connectivity index (χ0v) is 20.8. The second-order valence-electron chi connectivity index (χ2n) is 7.84. The van der Waals surface area contributed by atoms with Gasteiger partial charge in [-0.2, -0.15) is 0 Å². The van der Waals surface area contributed by atoms with Crippen LogP contribution in [0.4, 0.5) is 0 Å². The molecule has 152 valence electrons. The monoisotopic (exact) mass is 540 g/mol. The number of hydrogen-bond donors (Lipinski definition) is 0. The Morgan fingerprint density at radius 1 is 0.312 bits per heavy atom. The third kappa shape index (κ3) is 3.88. The van der Waals surface area contributed by atoms with E-state index in [0.29, 0.717) is 29.0 Å².